The van der Waals surface area contributed by atoms with Gasteiger partial charge in [-0.05, 0) is 12.5 Å². The molecule has 24 heavy (non-hydrogen) atoms. The second kappa shape index (κ2) is 6.12. The van der Waals surface area contributed by atoms with Crippen LogP contribution in [0, 0.1) is 0 Å². The first-order chi connectivity index (χ1) is 10.6. The van der Waals surface area contributed by atoms with Crippen LogP contribution in [0.1, 0.15) is 18.9 Å². The van der Waals surface area contributed by atoms with E-state index in [1.54, 1.807) is 0 Å². The molecule has 1 atom stereocenters. The number of hydrogen-bond donors (Lipinski definition) is 0. The minimum atomic E-state index is -6.91. The molecule has 0 spiro atoms. The Hall–Kier alpha value is -1.45. The van der Waals surface area contributed by atoms with Crippen LogP contribution in [0.5, 0.6) is 0 Å². The Labute approximate surface area is 131 Å². The van der Waals surface area contributed by atoms with Crippen LogP contribution in [-0.4, -0.2) is 31.1 Å². The molecule has 0 N–H and O–H groups in total. The lowest BCUT2D eigenvalue weighted by Gasteiger charge is -2.38. The first kappa shape index (κ1) is 20.6. The fraction of sp³-hybridized carbons (Fsp3) is 0.571. The van der Waals surface area contributed by atoms with Gasteiger partial charge in [0.25, 0.3) is 0 Å². The Morgan fingerprint density at radius 1 is 0.792 bits per heavy atom. The molecule has 1 nitrogen and oxygen atoms in total. The SMILES string of the molecule is COC(C)(CC(F)(F)C(F)(F)C(F)(F)C(F)(F)F)c1ccccc1. The van der Waals surface area contributed by atoms with E-state index in [1.807, 2.05) is 0 Å². The van der Waals surface area contributed by atoms with Gasteiger partial charge in [-0.15, -0.1) is 0 Å². The maximum Gasteiger partial charge on any atom is 0.460 e. The summed E-state index contributed by atoms with van der Waals surface area (Å²) < 4.78 is 121. The van der Waals surface area contributed by atoms with Gasteiger partial charge in [-0.3, -0.25) is 0 Å². The second-order valence-electron chi connectivity index (χ2n) is 5.33. The number of alkyl halides is 9. The second-order valence-corrected chi connectivity index (χ2v) is 5.33. The van der Waals surface area contributed by atoms with Crippen LogP contribution in [0.4, 0.5) is 39.5 Å². The summed E-state index contributed by atoms with van der Waals surface area (Å²) in [6, 6.07) is 6.53. The lowest BCUT2D eigenvalue weighted by molar-refractivity contribution is -0.400. The molecular weight excluding hydrogens is 355 g/mol. The minimum absolute atomic E-state index is 0.0849. The van der Waals surface area contributed by atoms with Crippen molar-refractivity contribution in [2.24, 2.45) is 0 Å². The third-order valence-electron chi connectivity index (χ3n) is 3.60. The van der Waals surface area contributed by atoms with Crippen molar-refractivity contribution in [3.8, 4) is 0 Å². The predicted molar refractivity (Wildman–Crippen MR) is 66.3 cm³/mol. The Balaban J connectivity index is 3.28. The standard InChI is InChI=1S/C14H13F9O/c1-10(24-2,9-6-4-3-5-7-9)8-11(15,16)12(17,18)13(19,20)14(21,22)23/h3-7H,8H2,1-2H3. The van der Waals surface area contributed by atoms with E-state index >= 15 is 0 Å². The van der Waals surface area contributed by atoms with Crippen molar-refractivity contribution in [1.82, 2.24) is 0 Å². The van der Waals surface area contributed by atoms with Crippen molar-refractivity contribution >= 4 is 0 Å². The minimum Gasteiger partial charge on any atom is -0.374 e. The largest absolute Gasteiger partial charge is 0.460 e. The molecule has 1 rings (SSSR count). The van der Waals surface area contributed by atoms with Crippen molar-refractivity contribution < 1.29 is 44.3 Å². The Kier molecular flexibility index (Phi) is 5.25. The first-order valence-electron chi connectivity index (χ1n) is 6.43. The van der Waals surface area contributed by atoms with E-state index in [0.717, 1.165) is 14.0 Å². The third-order valence-corrected chi connectivity index (χ3v) is 3.60. The summed E-state index contributed by atoms with van der Waals surface area (Å²) in [6.07, 6.45) is -8.92. The number of ether oxygens (including phenoxy) is 1. The molecule has 0 aliphatic heterocycles. The van der Waals surface area contributed by atoms with Gasteiger partial charge in [-0.1, -0.05) is 30.3 Å². The van der Waals surface area contributed by atoms with Crippen molar-refractivity contribution in [2.75, 3.05) is 7.11 Å². The van der Waals surface area contributed by atoms with E-state index in [4.69, 9.17) is 4.74 Å². The van der Waals surface area contributed by atoms with Gasteiger partial charge in [0.05, 0.1) is 12.0 Å². The Morgan fingerprint density at radius 3 is 1.62 bits per heavy atom. The summed E-state index contributed by atoms with van der Waals surface area (Å²) in [7, 11) is 0.850. The molecule has 0 aromatic heterocycles. The van der Waals surface area contributed by atoms with Gasteiger partial charge in [-0.25, -0.2) is 0 Å². The molecule has 0 fully saturated rings. The van der Waals surface area contributed by atoms with E-state index in [-0.39, 0.29) is 5.56 Å². The van der Waals surface area contributed by atoms with Crippen LogP contribution >= 0.6 is 0 Å². The summed E-state index contributed by atoms with van der Waals surface area (Å²) in [6.45, 7) is 0.887. The van der Waals surface area contributed by atoms with E-state index < -0.39 is 36.0 Å². The average molecular weight is 368 g/mol. The normalized spacial score (nSPS) is 16.8. The fourth-order valence-corrected chi connectivity index (χ4v) is 2.03. The van der Waals surface area contributed by atoms with Gasteiger partial charge >= 0.3 is 23.9 Å². The summed E-state index contributed by atoms with van der Waals surface area (Å²) >= 11 is 0. The van der Waals surface area contributed by atoms with Crippen molar-refractivity contribution in [2.45, 2.75) is 42.9 Å². The van der Waals surface area contributed by atoms with Crippen molar-refractivity contribution in [3.63, 3.8) is 0 Å². The lowest BCUT2D eigenvalue weighted by Crippen LogP contribution is -2.62. The molecule has 0 amide bonds. The van der Waals surface area contributed by atoms with Gasteiger partial charge in [0, 0.05) is 7.11 Å². The smallest absolute Gasteiger partial charge is 0.374 e. The highest BCUT2D eigenvalue weighted by molar-refractivity contribution is 5.23. The van der Waals surface area contributed by atoms with Crippen LogP contribution in [0.15, 0.2) is 30.3 Å². The summed E-state index contributed by atoms with van der Waals surface area (Å²) in [5.41, 5.74) is -2.30. The van der Waals surface area contributed by atoms with E-state index in [9.17, 15) is 39.5 Å². The Morgan fingerprint density at radius 2 is 1.25 bits per heavy atom. The molecule has 0 heterocycles. The van der Waals surface area contributed by atoms with Crippen LogP contribution in [-0.2, 0) is 10.3 Å². The number of hydrogen-bond acceptors (Lipinski definition) is 1. The number of methoxy groups -OCH3 is 1. The lowest BCUT2D eigenvalue weighted by atomic mass is 9.86. The van der Waals surface area contributed by atoms with Crippen LogP contribution in [0.2, 0.25) is 0 Å². The maximum absolute atomic E-state index is 13.8. The van der Waals surface area contributed by atoms with Gasteiger partial charge in [0.2, 0.25) is 0 Å². The summed E-state index contributed by atoms with van der Waals surface area (Å²) in [5, 5.41) is 0. The molecule has 0 aliphatic carbocycles. The fourth-order valence-electron chi connectivity index (χ4n) is 2.03. The maximum atomic E-state index is 13.8. The molecule has 0 aliphatic rings. The number of rotatable bonds is 6. The number of benzene rings is 1. The van der Waals surface area contributed by atoms with Gasteiger partial charge < -0.3 is 4.74 Å². The van der Waals surface area contributed by atoms with Crippen LogP contribution in [0.3, 0.4) is 0 Å². The zero-order valence-corrected chi connectivity index (χ0v) is 12.4. The molecule has 10 heteroatoms. The predicted octanol–water partition coefficient (Wildman–Crippen LogP) is 5.41. The zero-order chi connectivity index (χ0) is 19.0. The molecule has 1 aromatic rings. The van der Waals surface area contributed by atoms with Gasteiger partial charge in [-0.2, -0.15) is 39.5 Å². The molecule has 1 unspecified atom stereocenters. The van der Waals surface area contributed by atoms with E-state index in [1.165, 1.54) is 30.3 Å². The Bertz CT molecular complexity index is 553. The first-order valence-corrected chi connectivity index (χ1v) is 6.43. The number of halogens is 9. The van der Waals surface area contributed by atoms with Crippen LogP contribution < -0.4 is 0 Å². The van der Waals surface area contributed by atoms with E-state index in [2.05, 4.69) is 0 Å². The molecule has 138 valence electrons. The average Bonchev–Trinajstić information content (AvgIpc) is 2.46. The highest BCUT2D eigenvalue weighted by atomic mass is 19.4. The summed E-state index contributed by atoms with van der Waals surface area (Å²) in [5.74, 6) is -19.3. The van der Waals surface area contributed by atoms with E-state index in [0.29, 0.717) is 0 Å². The van der Waals surface area contributed by atoms with Gasteiger partial charge in [0.1, 0.15) is 0 Å². The molecule has 1 aromatic carbocycles. The highest BCUT2D eigenvalue weighted by Gasteiger charge is 2.82. The summed E-state index contributed by atoms with van der Waals surface area (Å²) in [4.78, 5) is 0. The molecule has 0 bridgehead atoms. The zero-order valence-electron chi connectivity index (χ0n) is 12.4. The van der Waals surface area contributed by atoms with Crippen molar-refractivity contribution in [3.05, 3.63) is 35.9 Å². The van der Waals surface area contributed by atoms with Gasteiger partial charge in [0.15, 0.2) is 0 Å². The molecule has 0 saturated heterocycles. The molecule has 0 radical (unpaired) electrons. The van der Waals surface area contributed by atoms with Crippen LogP contribution in [0.25, 0.3) is 0 Å². The topological polar surface area (TPSA) is 9.23 Å². The monoisotopic (exact) mass is 368 g/mol. The quantitative estimate of drug-likeness (QED) is 0.611. The highest BCUT2D eigenvalue weighted by Crippen LogP contribution is 2.55. The molecular formula is C14H13F9O. The molecule has 0 saturated carbocycles. The third kappa shape index (κ3) is 3.33. The van der Waals surface area contributed by atoms with Crippen molar-refractivity contribution in [1.29, 1.82) is 0 Å².